The molecule has 0 saturated heterocycles. The van der Waals surface area contributed by atoms with E-state index in [1.54, 1.807) is 0 Å². The lowest BCUT2D eigenvalue weighted by molar-refractivity contribution is -0.136. The third-order valence-corrected chi connectivity index (χ3v) is 1.96. The normalized spacial score (nSPS) is 18.2. The van der Waals surface area contributed by atoms with Gasteiger partial charge in [0.15, 0.2) is 5.76 Å². The third kappa shape index (κ3) is 1.28. The van der Waals surface area contributed by atoms with Crippen LogP contribution < -0.4 is 0 Å². The van der Waals surface area contributed by atoms with Crippen molar-refractivity contribution in [1.82, 2.24) is 0 Å². The quantitative estimate of drug-likeness (QED) is 0.483. The van der Waals surface area contributed by atoms with E-state index in [1.807, 2.05) is 24.3 Å². The fourth-order valence-corrected chi connectivity index (χ4v) is 1.38. The fraction of sp³-hybridized carbons (Fsp3) is 0.100. The zero-order valence-corrected chi connectivity index (χ0v) is 6.86. The Morgan fingerprint density at radius 2 is 2.15 bits per heavy atom. The van der Waals surface area contributed by atoms with Gasteiger partial charge in [-0.3, -0.25) is 4.79 Å². The van der Waals surface area contributed by atoms with Gasteiger partial charge in [-0.2, -0.15) is 0 Å². The number of aliphatic hydroxyl groups is 1. The van der Waals surface area contributed by atoms with E-state index in [4.69, 9.17) is 9.84 Å². The minimum absolute atomic E-state index is 0.229. The molecule has 0 spiro atoms. The van der Waals surface area contributed by atoms with Gasteiger partial charge in [-0.25, -0.2) is 0 Å². The molecular formula is C10H8O3. The third-order valence-electron chi connectivity index (χ3n) is 1.96. The summed E-state index contributed by atoms with van der Waals surface area (Å²) in [6, 6.07) is 7.34. The lowest BCUT2D eigenvalue weighted by Crippen LogP contribution is -2.15. The Kier molecular flexibility index (Phi) is 1.77. The number of ether oxygens (including phenoxy) is 1. The average molecular weight is 176 g/mol. The van der Waals surface area contributed by atoms with Crippen LogP contribution in [0.15, 0.2) is 30.5 Å². The van der Waals surface area contributed by atoms with E-state index in [0.717, 1.165) is 17.4 Å². The van der Waals surface area contributed by atoms with Gasteiger partial charge in [0.2, 0.25) is 0 Å². The topological polar surface area (TPSA) is 46.5 Å². The maximum Gasteiger partial charge on any atom is 0.315 e. The first kappa shape index (κ1) is 7.86. The molecule has 0 bridgehead atoms. The second-order valence-electron chi connectivity index (χ2n) is 2.80. The SMILES string of the molecule is O=C1Cc2ccccc2/C(=C/O)O1. The van der Waals surface area contributed by atoms with Crippen molar-refractivity contribution in [3.8, 4) is 0 Å². The Labute approximate surface area is 75.3 Å². The monoisotopic (exact) mass is 176 g/mol. The molecule has 0 saturated carbocycles. The van der Waals surface area contributed by atoms with Gasteiger partial charge in [0.05, 0.1) is 6.42 Å². The van der Waals surface area contributed by atoms with Crippen LogP contribution in [0, 0.1) is 0 Å². The Balaban J connectivity index is 2.55. The summed E-state index contributed by atoms with van der Waals surface area (Å²) < 4.78 is 4.83. The van der Waals surface area contributed by atoms with Gasteiger partial charge in [0.25, 0.3) is 0 Å². The van der Waals surface area contributed by atoms with Crippen LogP contribution in [0.3, 0.4) is 0 Å². The van der Waals surface area contributed by atoms with Crippen LogP contribution in [0.2, 0.25) is 0 Å². The van der Waals surface area contributed by atoms with Crippen LogP contribution in [0.5, 0.6) is 0 Å². The van der Waals surface area contributed by atoms with E-state index in [-0.39, 0.29) is 18.1 Å². The Hall–Kier alpha value is -1.77. The number of fused-ring (bicyclic) bond motifs is 1. The van der Waals surface area contributed by atoms with Crippen LogP contribution in [0.4, 0.5) is 0 Å². The first-order chi connectivity index (χ1) is 6.31. The van der Waals surface area contributed by atoms with Crippen molar-refractivity contribution in [2.75, 3.05) is 0 Å². The highest BCUT2D eigenvalue weighted by Gasteiger charge is 2.20. The zero-order valence-electron chi connectivity index (χ0n) is 6.86. The Bertz CT molecular complexity index is 380. The summed E-state index contributed by atoms with van der Waals surface area (Å²) in [4.78, 5) is 11.0. The largest absolute Gasteiger partial charge is 0.512 e. The number of aliphatic hydroxyl groups excluding tert-OH is 1. The summed E-state index contributed by atoms with van der Waals surface area (Å²) in [5.41, 5.74) is 1.67. The minimum atomic E-state index is -0.334. The van der Waals surface area contributed by atoms with E-state index in [0.29, 0.717) is 0 Å². The molecule has 1 aromatic rings. The highest BCUT2D eigenvalue weighted by atomic mass is 16.5. The molecule has 3 heteroatoms. The summed E-state index contributed by atoms with van der Waals surface area (Å²) >= 11 is 0. The van der Waals surface area contributed by atoms with E-state index >= 15 is 0 Å². The molecule has 1 N–H and O–H groups in total. The summed E-state index contributed by atoms with van der Waals surface area (Å²) in [5, 5.41) is 8.82. The first-order valence-electron chi connectivity index (χ1n) is 3.94. The number of benzene rings is 1. The molecule has 0 fully saturated rings. The maximum absolute atomic E-state index is 11.0. The van der Waals surface area contributed by atoms with Crippen molar-refractivity contribution in [2.24, 2.45) is 0 Å². The number of carbonyl (C=O) groups is 1. The Morgan fingerprint density at radius 3 is 2.92 bits per heavy atom. The summed E-state index contributed by atoms with van der Waals surface area (Å²) in [7, 11) is 0. The van der Waals surface area contributed by atoms with Gasteiger partial charge < -0.3 is 9.84 Å². The molecule has 1 aliphatic heterocycles. The average Bonchev–Trinajstić information content (AvgIpc) is 2.16. The number of hydrogen-bond donors (Lipinski definition) is 1. The van der Waals surface area contributed by atoms with Crippen molar-refractivity contribution in [3.05, 3.63) is 41.7 Å². The lowest BCUT2D eigenvalue weighted by atomic mass is 10.0. The molecule has 0 aliphatic carbocycles. The van der Waals surface area contributed by atoms with Crippen LogP contribution in [-0.2, 0) is 16.0 Å². The molecule has 0 unspecified atom stereocenters. The molecule has 0 radical (unpaired) electrons. The van der Waals surface area contributed by atoms with E-state index in [2.05, 4.69) is 0 Å². The standard InChI is InChI=1S/C10H8O3/c11-6-9-8-4-2-1-3-7(8)5-10(12)13-9/h1-4,6,11H,5H2/b9-6-. The predicted octanol–water partition coefficient (Wildman–Crippen LogP) is 1.64. The van der Waals surface area contributed by atoms with E-state index < -0.39 is 0 Å². The number of esters is 1. The second kappa shape index (κ2) is 2.94. The zero-order chi connectivity index (χ0) is 9.26. The van der Waals surface area contributed by atoms with Crippen molar-refractivity contribution in [3.63, 3.8) is 0 Å². The molecular weight excluding hydrogens is 168 g/mol. The number of cyclic esters (lactones) is 1. The van der Waals surface area contributed by atoms with Crippen LogP contribution in [-0.4, -0.2) is 11.1 Å². The van der Waals surface area contributed by atoms with Crippen molar-refractivity contribution < 1.29 is 14.6 Å². The van der Waals surface area contributed by atoms with Crippen LogP contribution >= 0.6 is 0 Å². The van der Waals surface area contributed by atoms with Gasteiger partial charge in [-0.1, -0.05) is 24.3 Å². The molecule has 0 aromatic heterocycles. The van der Waals surface area contributed by atoms with Crippen LogP contribution in [0.25, 0.3) is 5.76 Å². The van der Waals surface area contributed by atoms with Crippen molar-refractivity contribution >= 4 is 11.7 Å². The molecule has 2 rings (SSSR count). The summed E-state index contributed by atoms with van der Waals surface area (Å²) in [6.07, 6.45) is 1.09. The molecule has 3 nitrogen and oxygen atoms in total. The summed E-state index contributed by atoms with van der Waals surface area (Å²) in [5.74, 6) is -0.106. The highest BCUT2D eigenvalue weighted by Crippen LogP contribution is 2.25. The Morgan fingerprint density at radius 1 is 1.38 bits per heavy atom. The molecule has 66 valence electrons. The number of carbonyl (C=O) groups excluding carboxylic acids is 1. The molecule has 0 amide bonds. The van der Waals surface area contributed by atoms with Crippen LogP contribution in [0.1, 0.15) is 11.1 Å². The van der Waals surface area contributed by atoms with Gasteiger partial charge in [-0.05, 0) is 5.56 Å². The first-order valence-corrected chi connectivity index (χ1v) is 3.94. The lowest BCUT2D eigenvalue weighted by Gasteiger charge is -2.16. The number of hydrogen-bond acceptors (Lipinski definition) is 3. The van der Waals surface area contributed by atoms with E-state index in [9.17, 15) is 4.79 Å². The smallest absolute Gasteiger partial charge is 0.315 e. The number of rotatable bonds is 0. The van der Waals surface area contributed by atoms with Crippen molar-refractivity contribution in [1.29, 1.82) is 0 Å². The van der Waals surface area contributed by atoms with Gasteiger partial charge in [0, 0.05) is 5.56 Å². The summed E-state index contributed by atoms with van der Waals surface area (Å²) in [6.45, 7) is 0. The molecule has 1 aliphatic rings. The van der Waals surface area contributed by atoms with Gasteiger partial charge >= 0.3 is 5.97 Å². The fourth-order valence-electron chi connectivity index (χ4n) is 1.38. The van der Waals surface area contributed by atoms with E-state index in [1.165, 1.54) is 0 Å². The molecule has 13 heavy (non-hydrogen) atoms. The predicted molar refractivity (Wildman–Crippen MR) is 46.8 cm³/mol. The highest BCUT2D eigenvalue weighted by molar-refractivity contribution is 5.85. The second-order valence-corrected chi connectivity index (χ2v) is 2.80. The van der Waals surface area contributed by atoms with Gasteiger partial charge in [0.1, 0.15) is 6.26 Å². The molecule has 1 aromatic carbocycles. The minimum Gasteiger partial charge on any atom is -0.512 e. The van der Waals surface area contributed by atoms with Crippen molar-refractivity contribution in [2.45, 2.75) is 6.42 Å². The molecule has 1 heterocycles. The maximum atomic E-state index is 11.0. The molecule has 0 atom stereocenters. The van der Waals surface area contributed by atoms with Gasteiger partial charge in [-0.15, -0.1) is 0 Å².